The molecule has 1 aliphatic heterocycles. The van der Waals surface area contributed by atoms with E-state index >= 15 is 0 Å². The molecule has 0 saturated carbocycles. The molecule has 1 aliphatic rings. The molecule has 1 amide bonds. The maximum atomic E-state index is 13.9. The van der Waals surface area contributed by atoms with Crippen molar-refractivity contribution in [2.24, 2.45) is 0 Å². The molecule has 0 atom stereocenters. The Balaban J connectivity index is 1.63. The number of anilines is 1. The number of rotatable bonds is 2. The van der Waals surface area contributed by atoms with Gasteiger partial charge in [-0.2, -0.15) is 18.3 Å². The van der Waals surface area contributed by atoms with E-state index in [1.807, 2.05) is 35.0 Å². The van der Waals surface area contributed by atoms with Crippen LogP contribution < -0.4 is 4.90 Å². The van der Waals surface area contributed by atoms with Gasteiger partial charge in [0.1, 0.15) is 12.7 Å². The molecule has 0 fully saturated rings. The number of carbonyl (C=O) groups excluding carboxylic acids is 1. The predicted octanol–water partition coefficient (Wildman–Crippen LogP) is 4.30. The lowest BCUT2D eigenvalue weighted by Gasteiger charge is -2.24. The Morgan fingerprint density at radius 2 is 1.84 bits per heavy atom. The first-order chi connectivity index (χ1) is 14.9. The summed E-state index contributed by atoms with van der Waals surface area (Å²) < 4.78 is 45.0. The van der Waals surface area contributed by atoms with Crippen LogP contribution in [0.25, 0.3) is 5.69 Å². The second-order valence-electron chi connectivity index (χ2n) is 7.22. The predicted molar refractivity (Wildman–Crippen MR) is 107 cm³/mol. The summed E-state index contributed by atoms with van der Waals surface area (Å²) in [5.41, 5.74) is 1.06. The fourth-order valence-electron chi connectivity index (χ4n) is 3.85. The molecule has 4 aromatic rings. The summed E-state index contributed by atoms with van der Waals surface area (Å²) in [6.07, 6.45) is -0.285. The van der Waals surface area contributed by atoms with Gasteiger partial charge in [-0.1, -0.05) is 18.2 Å². The zero-order chi connectivity index (χ0) is 21.6. The van der Waals surface area contributed by atoms with E-state index in [0.717, 1.165) is 17.3 Å². The lowest BCUT2D eigenvalue weighted by atomic mass is 10.0. The number of hydrogen-bond donors (Lipinski definition) is 0. The zero-order valence-corrected chi connectivity index (χ0v) is 16.1. The summed E-state index contributed by atoms with van der Waals surface area (Å²) in [6, 6.07) is 14.6. The molecule has 0 spiro atoms. The van der Waals surface area contributed by atoms with Crippen LogP contribution in [0.5, 0.6) is 0 Å². The molecule has 2 aromatic heterocycles. The molecule has 0 N–H and O–H groups in total. The van der Waals surface area contributed by atoms with Crippen LogP contribution in [-0.4, -0.2) is 25.2 Å². The monoisotopic (exact) mass is 423 g/mol. The average molecular weight is 423 g/mol. The number of alkyl halides is 3. The highest BCUT2D eigenvalue weighted by Crippen LogP contribution is 2.36. The molecule has 0 radical (unpaired) electrons. The zero-order valence-electron chi connectivity index (χ0n) is 16.1. The van der Waals surface area contributed by atoms with Crippen LogP contribution in [0.2, 0.25) is 0 Å². The van der Waals surface area contributed by atoms with Crippen molar-refractivity contribution in [1.82, 2.24) is 19.3 Å². The van der Waals surface area contributed by atoms with Crippen molar-refractivity contribution in [2.75, 3.05) is 4.90 Å². The van der Waals surface area contributed by atoms with Gasteiger partial charge in [-0.05, 0) is 42.0 Å². The largest absolute Gasteiger partial charge is 0.417 e. The van der Waals surface area contributed by atoms with Gasteiger partial charge in [0.25, 0.3) is 5.91 Å². The van der Waals surface area contributed by atoms with Crippen molar-refractivity contribution in [1.29, 1.82) is 0 Å². The van der Waals surface area contributed by atoms with Crippen LogP contribution in [0.4, 0.5) is 18.9 Å². The van der Waals surface area contributed by atoms with Gasteiger partial charge in [0.2, 0.25) is 0 Å². The minimum absolute atomic E-state index is 0.172. The van der Waals surface area contributed by atoms with Crippen LogP contribution in [0.1, 0.15) is 27.2 Å². The van der Waals surface area contributed by atoms with Crippen molar-refractivity contribution < 1.29 is 18.0 Å². The Hall–Kier alpha value is -3.88. The number of carbonyl (C=O) groups is 1. The number of halogens is 3. The van der Waals surface area contributed by atoms with Gasteiger partial charge >= 0.3 is 6.18 Å². The van der Waals surface area contributed by atoms with Gasteiger partial charge in [-0.25, -0.2) is 9.67 Å². The van der Waals surface area contributed by atoms with Crippen molar-refractivity contribution in [3.05, 3.63) is 95.8 Å². The van der Waals surface area contributed by atoms with Crippen LogP contribution in [0, 0.1) is 0 Å². The summed E-state index contributed by atoms with van der Waals surface area (Å²) in [5, 5.41) is 3.88. The molecule has 0 bridgehead atoms. The third kappa shape index (κ3) is 3.37. The summed E-state index contributed by atoms with van der Waals surface area (Å²) >= 11 is 0. The third-order valence-corrected chi connectivity index (χ3v) is 5.33. The second-order valence-corrected chi connectivity index (χ2v) is 7.22. The molecule has 156 valence electrons. The van der Waals surface area contributed by atoms with Crippen LogP contribution in [0.15, 0.2) is 73.4 Å². The molecule has 0 saturated heterocycles. The smallest absolute Gasteiger partial charge is 0.345 e. The first kappa shape index (κ1) is 19.1. The van der Waals surface area contributed by atoms with E-state index in [2.05, 4.69) is 10.1 Å². The van der Waals surface area contributed by atoms with E-state index in [9.17, 15) is 18.0 Å². The third-order valence-electron chi connectivity index (χ3n) is 5.33. The maximum Gasteiger partial charge on any atom is 0.417 e. The number of nitrogens with zero attached hydrogens (tertiary/aromatic N) is 5. The standard InChI is InChI=1S/C22H16F3N5O/c23-22(24,25)19-10-16(30-14-26-13-27-30)7-8-18(19)21(31)29-12-17-5-3-9-28(17)11-15-4-1-2-6-20(15)29/h1-10,13-14H,11-12H2. The van der Waals surface area contributed by atoms with E-state index < -0.39 is 23.2 Å². The molecule has 9 heteroatoms. The van der Waals surface area contributed by atoms with Gasteiger partial charge in [0.15, 0.2) is 0 Å². The number of para-hydroxylation sites is 1. The van der Waals surface area contributed by atoms with Crippen LogP contribution in [-0.2, 0) is 19.3 Å². The fraction of sp³-hybridized carbons (Fsp3) is 0.136. The first-order valence-corrected chi connectivity index (χ1v) is 9.52. The molecular weight excluding hydrogens is 407 g/mol. The normalized spacial score (nSPS) is 13.5. The molecule has 3 heterocycles. The highest BCUT2D eigenvalue weighted by Gasteiger charge is 2.37. The highest BCUT2D eigenvalue weighted by molar-refractivity contribution is 6.07. The number of hydrogen-bond acceptors (Lipinski definition) is 3. The quantitative estimate of drug-likeness (QED) is 0.483. The first-order valence-electron chi connectivity index (χ1n) is 9.52. The SMILES string of the molecule is O=C(c1ccc(-n2cncn2)cc1C(F)(F)F)N1Cc2cccn2Cc2ccccc21. The van der Waals surface area contributed by atoms with Crippen LogP contribution in [0.3, 0.4) is 0 Å². The Labute approximate surface area is 175 Å². The average Bonchev–Trinajstić information content (AvgIpc) is 3.41. The van der Waals surface area contributed by atoms with Gasteiger partial charge < -0.3 is 9.47 Å². The Morgan fingerprint density at radius 1 is 1.00 bits per heavy atom. The molecule has 31 heavy (non-hydrogen) atoms. The fourth-order valence-corrected chi connectivity index (χ4v) is 3.85. The van der Waals surface area contributed by atoms with Crippen LogP contribution >= 0.6 is 0 Å². The van der Waals surface area contributed by atoms with Crippen molar-refractivity contribution >= 4 is 11.6 Å². The van der Waals surface area contributed by atoms with Gasteiger partial charge in [0.05, 0.1) is 23.4 Å². The topological polar surface area (TPSA) is 56.0 Å². The minimum atomic E-state index is -4.72. The number of benzene rings is 2. The number of fused-ring (bicyclic) bond motifs is 2. The Morgan fingerprint density at radius 3 is 2.61 bits per heavy atom. The molecule has 0 aliphatic carbocycles. The van der Waals surface area contributed by atoms with Crippen molar-refractivity contribution in [2.45, 2.75) is 19.3 Å². The summed E-state index contributed by atoms with van der Waals surface area (Å²) in [7, 11) is 0. The van der Waals surface area contributed by atoms with Crippen molar-refractivity contribution in [3.63, 3.8) is 0 Å². The van der Waals surface area contributed by atoms with E-state index in [4.69, 9.17) is 0 Å². The lowest BCUT2D eigenvalue weighted by molar-refractivity contribution is -0.137. The van der Waals surface area contributed by atoms with Gasteiger partial charge in [-0.15, -0.1) is 0 Å². The van der Waals surface area contributed by atoms with E-state index in [1.165, 1.54) is 34.4 Å². The van der Waals surface area contributed by atoms with E-state index in [1.54, 1.807) is 12.1 Å². The minimum Gasteiger partial charge on any atom is -0.345 e. The maximum absolute atomic E-state index is 13.9. The van der Waals surface area contributed by atoms with E-state index in [-0.39, 0.29) is 12.2 Å². The molecule has 5 rings (SSSR count). The highest BCUT2D eigenvalue weighted by atomic mass is 19.4. The molecular formula is C22H16F3N5O. The molecule has 0 unspecified atom stereocenters. The summed E-state index contributed by atoms with van der Waals surface area (Å²) in [5.74, 6) is -0.709. The Kier molecular flexibility index (Phi) is 4.39. The Bertz CT molecular complexity index is 1260. The van der Waals surface area contributed by atoms with E-state index in [0.29, 0.717) is 12.2 Å². The number of aromatic nitrogens is 4. The summed E-state index contributed by atoms with van der Waals surface area (Å²) in [4.78, 5) is 18.7. The van der Waals surface area contributed by atoms with Crippen molar-refractivity contribution in [3.8, 4) is 5.69 Å². The molecule has 2 aromatic carbocycles. The molecule has 6 nitrogen and oxygen atoms in total. The lowest BCUT2D eigenvalue weighted by Crippen LogP contribution is -2.32. The van der Waals surface area contributed by atoms with Gasteiger partial charge in [-0.3, -0.25) is 4.79 Å². The summed E-state index contributed by atoms with van der Waals surface area (Å²) in [6.45, 7) is 0.713. The second kappa shape index (κ2) is 7.12. The number of amides is 1. The van der Waals surface area contributed by atoms with Gasteiger partial charge in [0, 0.05) is 24.1 Å².